The largest absolute Gasteiger partial charge is 0.545 e. The Balaban J connectivity index is 0.000000342. The fourth-order valence-electron chi connectivity index (χ4n) is 2.34. The highest BCUT2D eigenvalue weighted by Gasteiger charge is 2.24. The Bertz CT molecular complexity index is 348. The molecule has 0 spiro atoms. The van der Waals surface area contributed by atoms with E-state index in [-0.39, 0.29) is 5.56 Å². The van der Waals surface area contributed by atoms with Crippen molar-refractivity contribution in [2.45, 2.75) is 40.7 Å². The van der Waals surface area contributed by atoms with Crippen LogP contribution in [0.15, 0.2) is 30.3 Å². The quantitative estimate of drug-likeness (QED) is 0.767. The van der Waals surface area contributed by atoms with E-state index in [4.69, 9.17) is 0 Å². The van der Waals surface area contributed by atoms with Crippen molar-refractivity contribution >= 4 is 5.97 Å². The number of aromatic carboxylic acids is 1. The van der Waals surface area contributed by atoms with Crippen molar-refractivity contribution in [3.63, 3.8) is 0 Å². The molecule has 0 radical (unpaired) electrons. The number of rotatable bonds is 5. The third-order valence-electron chi connectivity index (χ3n) is 3.99. The summed E-state index contributed by atoms with van der Waals surface area (Å²) in [6.07, 6.45) is 0. The zero-order valence-corrected chi connectivity index (χ0v) is 12.8. The van der Waals surface area contributed by atoms with Crippen molar-refractivity contribution in [2.75, 3.05) is 19.6 Å². The van der Waals surface area contributed by atoms with Crippen molar-refractivity contribution in [1.29, 1.82) is 0 Å². The molecule has 0 fully saturated rings. The van der Waals surface area contributed by atoms with E-state index in [1.165, 1.54) is 36.3 Å². The molecule has 0 saturated heterocycles. The Kier molecular flexibility index (Phi) is 8.08. The normalized spacial score (nSPS) is 10.8. The summed E-state index contributed by atoms with van der Waals surface area (Å²) in [5.41, 5.74) is 0.220. The van der Waals surface area contributed by atoms with Gasteiger partial charge in [0.15, 0.2) is 0 Å². The minimum Gasteiger partial charge on any atom is -0.545 e. The lowest BCUT2D eigenvalue weighted by atomic mass is 10.2. The first-order valence-corrected chi connectivity index (χ1v) is 7.05. The molecule has 0 aliphatic heterocycles. The number of benzene rings is 1. The van der Waals surface area contributed by atoms with Crippen molar-refractivity contribution in [1.82, 2.24) is 0 Å². The van der Waals surface area contributed by atoms with Gasteiger partial charge in [0.25, 0.3) is 0 Å². The van der Waals surface area contributed by atoms with E-state index in [1.807, 2.05) is 0 Å². The van der Waals surface area contributed by atoms with Crippen LogP contribution in [-0.2, 0) is 0 Å². The summed E-state index contributed by atoms with van der Waals surface area (Å²) in [7, 11) is 0. The van der Waals surface area contributed by atoms with Crippen LogP contribution in [0.1, 0.15) is 45.0 Å². The highest BCUT2D eigenvalue weighted by molar-refractivity contribution is 5.85. The van der Waals surface area contributed by atoms with Gasteiger partial charge < -0.3 is 14.4 Å². The van der Waals surface area contributed by atoms with E-state index < -0.39 is 5.97 Å². The predicted molar refractivity (Wildman–Crippen MR) is 77.8 cm³/mol. The number of quaternary nitrogens is 1. The molecular weight excluding hydrogens is 238 g/mol. The van der Waals surface area contributed by atoms with Gasteiger partial charge in [0.05, 0.1) is 31.6 Å². The van der Waals surface area contributed by atoms with Crippen molar-refractivity contribution < 1.29 is 14.4 Å². The zero-order chi connectivity index (χ0) is 14.9. The van der Waals surface area contributed by atoms with Gasteiger partial charge in [0.1, 0.15) is 0 Å². The van der Waals surface area contributed by atoms with Crippen molar-refractivity contribution in [3.8, 4) is 0 Å². The molecule has 0 aliphatic rings. The summed E-state index contributed by atoms with van der Waals surface area (Å²) in [5.74, 6) is -1.13. The van der Waals surface area contributed by atoms with E-state index in [0.717, 1.165) is 6.04 Å². The first-order valence-electron chi connectivity index (χ1n) is 7.05. The van der Waals surface area contributed by atoms with Crippen molar-refractivity contribution in [3.05, 3.63) is 35.9 Å². The molecule has 0 heterocycles. The van der Waals surface area contributed by atoms with E-state index in [9.17, 15) is 9.90 Å². The number of carbonyl (C=O) groups is 1. The van der Waals surface area contributed by atoms with Crippen LogP contribution in [-0.4, -0.2) is 36.1 Å². The van der Waals surface area contributed by atoms with Gasteiger partial charge in [-0.05, 0) is 40.2 Å². The second-order valence-electron chi connectivity index (χ2n) is 4.91. The molecule has 1 rings (SSSR count). The summed E-state index contributed by atoms with van der Waals surface area (Å²) in [6, 6.07) is 8.84. The summed E-state index contributed by atoms with van der Waals surface area (Å²) in [6.45, 7) is 15.3. The monoisotopic (exact) mass is 265 g/mol. The molecule has 0 atom stereocenters. The van der Waals surface area contributed by atoms with E-state index >= 15 is 0 Å². The Morgan fingerprint density at radius 2 is 1.47 bits per heavy atom. The molecule has 0 saturated carbocycles. The van der Waals surface area contributed by atoms with Crippen LogP contribution < -0.4 is 5.11 Å². The van der Waals surface area contributed by atoms with Crippen LogP contribution >= 0.6 is 0 Å². The zero-order valence-electron chi connectivity index (χ0n) is 12.8. The second-order valence-corrected chi connectivity index (χ2v) is 4.91. The number of nitrogens with zero attached hydrogens (tertiary/aromatic N) is 1. The lowest BCUT2D eigenvalue weighted by Gasteiger charge is -2.39. The molecule has 1 aromatic carbocycles. The van der Waals surface area contributed by atoms with Crippen LogP contribution in [0.3, 0.4) is 0 Å². The van der Waals surface area contributed by atoms with Gasteiger partial charge in [-0.1, -0.05) is 30.3 Å². The lowest BCUT2D eigenvalue weighted by Crippen LogP contribution is -2.52. The molecule has 108 valence electrons. The van der Waals surface area contributed by atoms with Crippen LogP contribution in [0.2, 0.25) is 0 Å². The van der Waals surface area contributed by atoms with E-state index in [2.05, 4.69) is 34.6 Å². The maximum absolute atomic E-state index is 10.1. The van der Waals surface area contributed by atoms with Gasteiger partial charge in [0.2, 0.25) is 0 Å². The standard InChI is InChI=1S/C9H22N.C7H6O2/c1-6-10(7-2,8-3)9(4)5;8-7(9)6-4-2-1-3-5-6/h9H,6-8H2,1-5H3;1-5H,(H,8,9)/q+1;/p-1. The summed E-state index contributed by atoms with van der Waals surface area (Å²) < 4.78 is 1.26. The molecule has 0 bridgehead atoms. The van der Waals surface area contributed by atoms with E-state index in [0.29, 0.717) is 0 Å². The highest BCUT2D eigenvalue weighted by Crippen LogP contribution is 2.11. The lowest BCUT2D eigenvalue weighted by molar-refractivity contribution is -0.943. The van der Waals surface area contributed by atoms with Gasteiger partial charge in [0, 0.05) is 0 Å². The molecule has 3 nitrogen and oxygen atoms in total. The Hall–Kier alpha value is -1.35. The number of carboxylic acids is 1. The van der Waals surface area contributed by atoms with Gasteiger partial charge in [-0.3, -0.25) is 0 Å². The molecule has 0 N–H and O–H groups in total. The molecule has 19 heavy (non-hydrogen) atoms. The number of hydrogen-bond acceptors (Lipinski definition) is 2. The molecule has 0 unspecified atom stereocenters. The Morgan fingerprint density at radius 3 is 1.63 bits per heavy atom. The molecule has 0 aliphatic carbocycles. The highest BCUT2D eigenvalue weighted by atomic mass is 16.4. The molecule has 3 heteroatoms. The topological polar surface area (TPSA) is 40.1 Å². The van der Waals surface area contributed by atoms with Crippen molar-refractivity contribution in [2.24, 2.45) is 0 Å². The first-order chi connectivity index (χ1) is 8.93. The average Bonchev–Trinajstić information content (AvgIpc) is 2.43. The number of carboxylic acid groups (broad SMARTS) is 1. The number of hydrogen-bond donors (Lipinski definition) is 0. The third-order valence-corrected chi connectivity index (χ3v) is 3.99. The molecular formula is C16H27NO2. The summed E-state index contributed by atoms with van der Waals surface area (Å²) >= 11 is 0. The minimum absolute atomic E-state index is 0.220. The maximum atomic E-state index is 10.1. The predicted octanol–water partition coefficient (Wildman–Crippen LogP) is 2.32. The minimum atomic E-state index is -1.13. The molecule has 0 aromatic heterocycles. The van der Waals surface area contributed by atoms with Gasteiger partial charge in [-0.15, -0.1) is 0 Å². The first kappa shape index (κ1) is 17.6. The van der Waals surface area contributed by atoms with Crippen LogP contribution in [0, 0.1) is 0 Å². The summed E-state index contributed by atoms with van der Waals surface area (Å²) in [4.78, 5) is 10.1. The van der Waals surface area contributed by atoms with Gasteiger partial charge in [-0.2, -0.15) is 0 Å². The maximum Gasteiger partial charge on any atom is 0.0833 e. The van der Waals surface area contributed by atoms with Crippen LogP contribution in [0.25, 0.3) is 0 Å². The third kappa shape index (κ3) is 5.43. The Labute approximate surface area is 117 Å². The van der Waals surface area contributed by atoms with Gasteiger partial charge >= 0.3 is 0 Å². The second kappa shape index (κ2) is 8.70. The average molecular weight is 265 g/mol. The van der Waals surface area contributed by atoms with E-state index in [1.54, 1.807) is 18.2 Å². The fraction of sp³-hybridized carbons (Fsp3) is 0.562. The van der Waals surface area contributed by atoms with Crippen LogP contribution in [0.4, 0.5) is 0 Å². The smallest absolute Gasteiger partial charge is 0.0833 e. The Morgan fingerprint density at radius 1 is 1.05 bits per heavy atom. The molecule has 1 aromatic rings. The number of carbonyl (C=O) groups excluding carboxylic acids is 1. The fourth-order valence-corrected chi connectivity index (χ4v) is 2.34. The summed E-state index contributed by atoms with van der Waals surface area (Å²) in [5, 5.41) is 10.1. The van der Waals surface area contributed by atoms with Crippen LogP contribution in [0.5, 0.6) is 0 Å². The van der Waals surface area contributed by atoms with Gasteiger partial charge in [-0.25, -0.2) is 0 Å². The SMILES string of the molecule is CC[N+](CC)(CC)C(C)C.O=C([O-])c1ccccc1. The molecule has 0 amide bonds.